The van der Waals surface area contributed by atoms with Gasteiger partial charge in [-0.2, -0.15) is 0 Å². The Morgan fingerprint density at radius 3 is 1.25 bits per heavy atom. The molecule has 6 aromatic carbocycles. The fourth-order valence-electron chi connectivity index (χ4n) is 8.45. The normalized spacial score (nSPS) is 16.1. The molecule has 0 atom stereocenters. The Morgan fingerprint density at radius 1 is 0.462 bits per heavy atom. The lowest BCUT2D eigenvalue weighted by Gasteiger charge is -2.40. The van der Waals surface area contributed by atoms with Gasteiger partial charge >= 0.3 is 12.7 Å². The van der Waals surface area contributed by atoms with E-state index in [1.807, 2.05) is 24.3 Å². The van der Waals surface area contributed by atoms with Crippen LogP contribution in [-0.2, 0) is 13.1 Å². The van der Waals surface area contributed by atoms with Crippen molar-refractivity contribution < 1.29 is 40.3 Å². The fraction of sp³-hybridized carbons (Fsp3) is 0.256. The second kappa shape index (κ2) is 13.2. The van der Waals surface area contributed by atoms with Gasteiger partial charge in [0.25, 0.3) is 0 Å². The summed E-state index contributed by atoms with van der Waals surface area (Å²) in [7, 11) is 0. The highest BCUT2D eigenvalue weighted by atomic mass is 19.4. The van der Waals surface area contributed by atoms with Crippen molar-refractivity contribution in [2.45, 2.75) is 57.9 Å². The summed E-state index contributed by atoms with van der Waals surface area (Å²) in [5, 5.41) is 4.15. The maximum atomic E-state index is 13.1. The first-order chi connectivity index (χ1) is 25.0. The predicted molar refractivity (Wildman–Crippen MR) is 192 cm³/mol. The van der Waals surface area contributed by atoms with Crippen LogP contribution in [0.15, 0.2) is 109 Å². The molecule has 0 saturated carbocycles. The van der Waals surface area contributed by atoms with Gasteiger partial charge in [0.05, 0.1) is 13.1 Å². The SMILES string of the molecule is FC(F)(F)Oc1ccc(-c2cc3ccccc3c3c2C[N+]2(CCCCCCC2)Cc2c(-c4ccc(OC(F)(F)F)cc4)cc4ccccc4c2-3)cc1. The monoisotopic (exact) mass is 712 g/mol. The van der Waals surface area contributed by atoms with E-state index < -0.39 is 12.7 Å². The minimum absolute atomic E-state index is 0.275. The molecule has 0 radical (unpaired) electrons. The van der Waals surface area contributed by atoms with Crippen LogP contribution in [0.4, 0.5) is 26.3 Å². The van der Waals surface area contributed by atoms with Gasteiger partial charge in [-0.1, -0.05) is 79.2 Å². The van der Waals surface area contributed by atoms with Crippen LogP contribution in [0.2, 0.25) is 0 Å². The number of alkyl halides is 6. The third kappa shape index (κ3) is 6.82. The maximum absolute atomic E-state index is 13.1. The smallest absolute Gasteiger partial charge is 0.406 e. The minimum Gasteiger partial charge on any atom is -0.406 e. The Morgan fingerprint density at radius 2 is 0.846 bits per heavy atom. The van der Waals surface area contributed by atoms with Crippen molar-refractivity contribution in [1.82, 2.24) is 0 Å². The average Bonchev–Trinajstić information content (AvgIpc) is 3.25. The lowest BCUT2D eigenvalue weighted by molar-refractivity contribution is -0.954. The number of quaternary nitrogens is 1. The Hall–Kier alpha value is -5.02. The zero-order valence-corrected chi connectivity index (χ0v) is 28.3. The first-order valence-corrected chi connectivity index (χ1v) is 17.6. The van der Waals surface area contributed by atoms with Crippen LogP contribution in [0.5, 0.6) is 11.5 Å². The van der Waals surface area contributed by atoms with E-state index >= 15 is 0 Å². The van der Waals surface area contributed by atoms with E-state index in [0.29, 0.717) is 0 Å². The molecular weight excluding hydrogens is 676 g/mol. The Balaban J connectivity index is 1.43. The number of benzene rings is 6. The molecule has 0 aromatic heterocycles. The molecule has 2 heterocycles. The Kier molecular flexibility index (Phi) is 8.65. The van der Waals surface area contributed by atoms with Crippen LogP contribution in [0.1, 0.15) is 43.2 Å². The first kappa shape index (κ1) is 34.1. The standard InChI is InChI=1S/C43H36F6NO2/c44-42(45,46)51-32-18-14-28(15-19-32)36-24-30-10-4-6-12-34(30)40-38(36)26-50(22-8-2-1-3-9-23-50)27-39-37(25-31-11-5-7-13-35(31)41(39)40)29-16-20-33(21-17-29)52-43(47,48)49/h4-7,10-21,24-25H,1-3,8-9,22-23,26-27H2/q+1. The van der Waals surface area contributed by atoms with Gasteiger partial charge in [0.2, 0.25) is 0 Å². The second-order valence-electron chi connectivity index (χ2n) is 14.0. The number of hydrogen-bond acceptors (Lipinski definition) is 2. The molecule has 0 bridgehead atoms. The number of ether oxygens (including phenoxy) is 2. The van der Waals surface area contributed by atoms with Crippen LogP contribution < -0.4 is 9.47 Å². The molecule has 1 saturated heterocycles. The number of nitrogens with zero attached hydrogens (tertiary/aromatic N) is 1. The summed E-state index contributed by atoms with van der Waals surface area (Å²) >= 11 is 0. The van der Waals surface area contributed by atoms with Crippen molar-refractivity contribution in [2.24, 2.45) is 0 Å². The van der Waals surface area contributed by atoms with E-state index in [1.165, 1.54) is 30.7 Å². The van der Waals surface area contributed by atoms with E-state index in [9.17, 15) is 26.3 Å². The summed E-state index contributed by atoms with van der Waals surface area (Å²) in [5.41, 5.74) is 7.97. The summed E-state index contributed by atoms with van der Waals surface area (Å²) in [5.74, 6) is -0.550. The minimum atomic E-state index is -4.79. The lowest BCUT2D eigenvalue weighted by Crippen LogP contribution is -2.48. The molecule has 52 heavy (non-hydrogen) atoms. The molecule has 3 nitrogen and oxygen atoms in total. The molecule has 8 rings (SSSR count). The van der Waals surface area contributed by atoms with Crippen molar-refractivity contribution in [1.29, 1.82) is 0 Å². The van der Waals surface area contributed by atoms with E-state index in [1.54, 1.807) is 24.3 Å². The van der Waals surface area contributed by atoms with Crippen LogP contribution in [-0.4, -0.2) is 30.3 Å². The fourth-order valence-corrected chi connectivity index (χ4v) is 8.45. The summed E-state index contributed by atoms with van der Waals surface area (Å²) in [6, 6.07) is 33.0. The van der Waals surface area contributed by atoms with Gasteiger partial charge in [0.1, 0.15) is 24.6 Å². The quantitative estimate of drug-likeness (QED) is 0.134. The molecule has 2 aliphatic rings. The first-order valence-electron chi connectivity index (χ1n) is 17.6. The highest BCUT2D eigenvalue weighted by Gasteiger charge is 2.38. The van der Waals surface area contributed by atoms with E-state index in [-0.39, 0.29) is 11.5 Å². The molecular formula is C43H36F6NO2+. The zero-order chi connectivity index (χ0) is 36.1. The highest BCUT2D eigenvalue weighted by Crippen LogP contribution is 2.50. The predicted octanol–water partition coefficient (Wildman–Crippen LogP) is 12.6. The molecule has 0 N–H and O–H groups in total. The van der Waals surface area contributed by atoms with Crippen molar-refractivity contribution in [3.63, 3.8) is 0 Å². The summed E-state index contributed by atoms with van der Waals surface area (Å²) in [6.07, 6.45) is -4.01. The second-order valence-corrected chi connectivity index (χ2v) is 14.0. The van der Waals surface area contributed by atoms with Gasteiger partial charge < -0.3 is 14.0 Å². The van der Waals surface area contributed by atoms with Crippen molar-refractivity contribution in [3.05, 3.63) is 120 Å². The average molecular weight is 713 g/mol. The molecule has 9 heteroatoms. The lowest BCUT2D eigenvalue weighted by atomic mass is 9.82. The van der Waals surface area contributed by atoms with Gasteiger partial charge in [-0.15, -0.1) is 26.3 Å². The highest BCUT2D eigenvalue weighted by molar-refractivity contribution is 6.12. The van der Waals surface area contributed by atoms with Gasteiger partial charge in [-0.3, -0.25) is 0 Å². The molecule has 1 fully saturated rings. The molecule has 0 unspecified atom stereocenters. The van der Waals surface area contributed by atoms with Gasteiger partial charge in [0.15, 0.2) is 0 Å². The van der Waals surface area contributed by atoms with Gasteiger partial charge in [-0.25, -0.2) is 0 Å². The van der Waals surface area contributed by atoms with Crippen molar-refractivity contribution >= 4 is 21.5 Å². The van der Waals surface area contributed by atoms with E-state index in [2.05, 4.69) is 45.9 Å². The molecule has 266 valence electrons. The molecule has 6 aromatic rings. The third-order valence-corrected chi connectivity index (χ3v) is 10.6. The van der Waals surface area contributed by atoms with Gasteiger partial charge in [0, 0.05) is 22.3 Å². The molecule has 0 amide bonds. The molecule has 1 spiro atoms. The van der Waals surface area contributed by atoms with Crippen LogP contribution >= 0.6 is 0 Å². The summed E-state index contributed by atoms with van der Waals surface area (Å²) in [4.78, 5) is 0. The van der Waals surface area contributed by atoms with Crippen LogP contribution in [0.25, 0.3) is 54.9 Å². The Bertz CT molecular complexity index is 2100. The number of hydrogen-bond donors (Lipinski definition) is 0. The number of rotatable bonds is 4. The van der Waals surface area contributed by atoms with E-state index in [4.69, 9.17) is 0 Å². The molecule has 0 aliphatic carbocycles. The largest absolute Gasteiger partial charge is 0.573 e. The van der Waals surface area contributed by atoms with Crippen LogP contribution in [0, 0.1) is 0 Å². The summed E-state index contributed by atoms with van der Waals surface area (Å²) in [6.45, 7) is 3.34. The Labute approximate surface area is 297 Å². The number of halogens is 6. The maximum Gasteiger partial charge on any atom is 0.573 e. The number of fused-ring (bicyclic) bond motifs is 7. The topological polar surface area (TPSA) is 18.5 Å². The van der Waals surface area contributed by atoms with Gasteiger partial charge in [-0.05, 0) is 106 Å². The van der Waals surface area contributed by atoms with E-state index in [0.717, 1.165) is 122 Å². The third-order valence-electron chi connectivity index (χ3n) is 10.6. The molecule has 2 aliphatic heterocycles. The van der Waals surface area contributed by atoms with Crippen molar-refractivity contribution in [3.8, 4) is 44.9 Å². The van der Waals surface area contributed by atoms with Crippen molar-refractivity contribution in [2.75, 3.05) is 13.1 Å². The zero-order valence-electron chi connectivity index (χ0n) is 28.3. The van der Waals surface area contributed by atoms with Crippen LogP contribution in [0.3, 0.4) is 0 Å². The summed E-state index contributed by atoms with van der Waals surface area (Å²) < 4.78 is 87.9.